The highest BCUT2D eigenvalue weighted by atomic mass is 16.5. The second-order valence-corrected chi connectivity index (χ2v) is 2.77. The van der Waals surface area contributed by atoms with Crippen LogP contribution in [0.25, 0.3) is 0 Å². The minimum atomic E-state index is -0.962. The summed E-state index contributed by atoms with van der Waals surface area (Å²) in [4.78, 5) is 10.4. The molecule has 0 radical (unpaired) electrons. The second kappa shape index (κ2) is 4.04. The van der Waals surface area contributed by atoms with Crippen LogP contribution in [0, 0.1) is 0 Å². The minimum Gasteiger partial charge on any atom is -0.479 e. The summed E-state index contributed by atoms with van der Waals surface area (Å²) in [6.45, 7) is 1.72. The standard InChI is InChI=1S/C8H12N2O3/c1-6(8(11)12)13-5-7-3-4-10(2)9-7/h3-4,6H,5H2,1-2H3,(H,11,12). The summed E-state index contributed by atoms with van der Waals surface area (Å²) in [5, 5.41) is 12.6. The van der Waals surface area contributed by atoms with Gasteiger partial charge in [-0.25, -0.2) is 4.79 Å². The largest absolute Gasteiger partial charge is 0.479 e. The lowest BCUT2D eigenvalue weighted by Crippen LogP contribution is -2.19. The number of hydrogen-bond donors (Lipinski definition) is 1. The molecule has 1 N–H and O–H groups in total. The van der Waals surface area contributed by atoms with E-state index in [9.17, 15) is 4.79 Å². The number of carboxylic acid groups (broad SMARTS) is 1. The molecular weight excluding hydrogens is 172 g/mol. The van der Waals surface area contributed by atoms with Crippen LogP contribution in [-0.2, 0) is 23.2 Å². The fourth-order valence-electron chi connectivity index (χ4n) is 0.822. The van der Waals surface area contributed by atoms with Crippen LogP contribution in [0.3, 0.4) is 0 Å². The third-order valence-corrected chi connectivity index (χ3v) is 1.60. The molecule has 1 aromatic rings. The Balaban J connectivity index is 2.39. The zero-order chi connectivity index (χ0) is 9.84. The molecule has 0 spiro atoms. The van der Waals surface area contributed by atoms with Gasteiger partial charge < -0.3 is 9.84 Å². The van der Waals surface area contributed by atoms with E-state index in [0.29, 0.717) is 0 Å². The van der Waals surface area contributed by atoms with E-state index in [1.807, 2.05) is 0 Å². The average Bonchev–Trinajstić information content (AvgIpc) is 2.47. The smallest absolute Gasteiger partial charge is 0.332 e. The van der Waals surface area contributed by atoms with Gasteiger partial charge in [0.15, 0.2) is 6.10 Å². The molecule has 5 nitrogen and oxygen atoms in total. The van der Waals surface area contributed by atoms with Crippen molar-refractivity contribution >= 4 is 5.97 Å². The SMILES string of the molecule is CC(OCc1ccn(C)n1)C(=O)O. The van der Waals surface area contributed by atoms with E-state index in [0.717, 1.165) is 5.69 Å². The van der Waals surface area contributed by atoms with Gasteiger partial charge in [-0.2, -0.15) is 5.10 Å². The van der Waals surface area contributed by atoms with Crippen molar-refractivity contribution in [3.05, 3.63) is 18.0 Å². The van der Waals surface area contributed by atoms with Gasteiger partial charge >= 0.3 is 5.97 Å². The van der Waals surface area contributed by atoms with Crippen LogP contribution in [-0.4, -0.2) is 27.0 Å². The Hall–Kier alpha value is -1.36. The highest BCUT2D eigenvalue weighted by Gasteiger charge is 2.11. The Morgan fingerprint density at radius 1 is 1.85 bits per heavy atom. The predicted molar refractivity (Wildman–Crippen MR) is 45.1 cm³/mol. The van der Waals surface area contributed by atoms with Gasteiger partial charge in [0.05, 0.1) is 12.3 Å². The minimum absolute atomic E-state index is 0.230. The molecule has 0 fully saturated rings. The van der Waals surface area contributed by atoms with E-state index in [-0.39, 0.29) is 6.61 Å². The topological polar surface area (TPSA) is 64.4 Å². The summed E-state index contributed by atoms with van der Waals surface area (Å²) >= 11 is 0. The third-order valence-electron chi connectivity index (χ3n) is 1.60. The number of nitrogens with zero attached hydrogens (tertiary/aromatic N) is 2. The zero-order valence-corrected chi connectivity index (χ0v) is 7.60. The molecule has 5 heteroatoms. The maximum atomic E-state index is 10.4. The highest BCUT2D eigenvalue weighted by molar-refractivity contribution is 5.71. The molecule has 1 atom stereocenters. The monoisotopic (exact) mass is 184 g/mol. The van der Waals surface area contributed by atoms with Gasteiger partial charge in [-0.1, -0.05) is 0 Å². The summed E-state index contributed by atoms with van der Waals surface area (Å²) in [6, 6.07) is 1.79. The van der Waals surface area contributed by atoms with Gasteiger partial charge in [0.2, 0.25) is 0 Å². The first-order valence-electron chi connectivity index (χ1n) is 3.92. The van der Waals surface area contributed by atoms with Crippen molar-refractivity contribution in [2.45, 2.75) is 19.6 Å². The van der Waals surface area contributed by atoms with E-state index in [2.05, 4.69) is 5.10 Å². The Labute approximate surface area is 75.9 Å². The maximum absolute atomic E-state index is 10.4. The molecule has 0 aliphatic rings. The molecule has 0 aliphatic heterocycles. The van der Waals surface area contributed by atoms with Gasteiger partial charge in [0.1, 0.15) is 0 Å². The zero-order valence-electron chi connectivity index (χ0n) is 7.60. The Morgan fingerprint density at radius 2 is 2.54 bits per heavy atom. The van der Waals surface area contributed by atoms with Crippen molar-refractivity contribution < 1.29 is 14.6 Å². The average molecular weight is 184 g/mol. The Morgan fingerprint density at radius 3 is 3.00 bits per heavy atom. The fraction of sp³-hybridized carbons (Fsp3) is 0.500. The first-order valence-corrected chi connectivity index (χ1v) is 3.92. The lowest BCUT2D eigenvalue weighted by molar-refractivity contribution is -0.149. The summed E-state index contributed by atoms with van der Waals surface area (Å²) in [6.07, 6.45) is 0.992. The molecule has 0 saturated carbocycles. The van der Waals surface area contributed by atoms with Gasteiger partial charge in [-0.15, -0.1) is 0 Å². The van der Waals surface area contributed by atoms with Gasteiger partial charge in [0, 0.05) is 13.2 Å². The Kier molecular flexibility index (Phi) is 3.02. The molecule has 72 valence electrons. The third kappa shape index (κ3) is 2.87. The predicted octanol–water partition coefficient (Wildman–Crippen LogP) is 0.410. The van der Waals surface area contributed by atoms with E-state index >= 15 is 0 Å². The van der Waals surface area contributed by atoms with Crippen LogP contribution in [0.5, 0.6) is 0 Å². The molecule has 0 aliphatic carbocycles. The Bertz CT molecular complexity index is 295. The van der Waals surface area contributed by atoms with Crippen molar-refractivity contribution in [1.82, 2.24) is 9.78 Å². The molecule has 13 heavy (non-hydrogen) atoms. The number of carboxylic acids is 1. The first-order chi connectivity index (χ1) is 6.09. The van der Waals surface area contributed by atoms with Crippen LogP contribution < -0.4 is 0 Å². The summed E-state index contributed by atoms with van der Waals surface area (Å²) in [7, 11) is 1.80. The van der Waals surface area contributed by atoms with Gasteiger partial charge in [0.25, 0.3) is 0 Å². The van der Waals surface area contributed by atoms with E-state index in [4.69, 9.17) is 9.84 Å². The van der Waals surface area contributed by atoms with Crippen molar-refractivity contribution in [2.75, 3.05) is 0 Å². The number of aromatic nitrogens is 2. The molecule has 0 aromatic carbocycles. The maximum Gasteiger partial charge on any atom is 0.332 e. The van der Waals surface area contributed by atoms with Crippen LogP contribution in [0.4, 0.5) is 0 Å². The van der Waals surface area contributed by atoms with Crippen molar-refractivity contribution in [3.8, 4) is 0 Å². The van der Waals surface area contributed by atoms with Crippen molar-refractivity contribution in [3.63, 3.8) is 0 Å². The summed E-state index contributed by atoms with van der Waals surface area (Å²) in [5.41, 5.74) is 0.732. The van der Waals surface area contributed by atoms with E-state index in [1.54, 1.807) is 24.0 Å². The molecule has 1 rings (SSSR count). The van der Waals surface area contributed by atoms with Crippen LogP contribution in [0.15, 0.2) is 12.3 Å². The first kappa shape index (κ1) is 9.73. The summed E-state index contributed by atoms with van der Waals surface area (Å²) < 4.78 is 6.67. The molecule has 1 unspecified atom stereocenters. The molecule has 0 amide bonds. The van der Waals surface area contributed by atoms with Crippen LogP contribution in [0.2, 0.25) is 0 Å². The van der Waals surface area contributed by atoms with Crippen LogP contribution >= 0.6 is 0 Å². The summed E-state index contributed by atoms with van der Waals surface area (Å²) in [5.74, 6) is -0.962. The van der Waals surface area contributed by atoms with Gasteiger partial charge in [-0.3, -0.25) is 4.68 Å². The number of aryl methyl sites for hydroxylation is 1. The van der Waals surface area contributed by atoms with E-state index < -0.39 is 12.1 Å². The number of rotatable bonds is 4. The lowest BCUT2D eigenvalue weighted by Gasteiger charge is -2.05. The quantitative estimate of drug-likeness (QED) is 0.736. The normalized spacial score (nSPS) is 12.8. The molecular formula is C8H12N2O3. The fourth-order valence-corrected chi connectivity index (χ4v) is 0.822. The van der Waals surface area contributed by atoms with Crippen molar-refractivity contribution in [2.24, 2.45) is 7.05 Å². The number of aliphatic carboxylic acids is 1. The highest BCUT2D eigenvalue weighted by Crippen LogP contribution is 2.00. The molecule has 0 saturated heterocycles. The lowest BCUT2D eigenvalue weighted by atomic mass is 10.4. The molecule has 0 bridgehead atoms. The number of ether oxygens (including phenoxy) is 1. The van der Waals surface area contributed by atoms with Gasteiger partial charge in [-0.05, 0) is 13.0 Å². The molecule has 1 heterocycles. The number of carbonyl (C=O) groups is 1. The molecule has 1 aromatic heterocycles. The van der Waals surface area contributed by atoms with E-state index in [1.165, 1.54) is 6.92 Å². The van der Waals surface area contributed by atoms with Crippen molar-refractivity contribution in [1.29, 1.82) is 0 Å². The van der Waals surface area contributed by atoms with Crippen LogP contribution in [0.1, 0.15) is 12.6 Å². The number of hydrogen-bond acceptors (Lipinski definition) is 3. The second-order valence-electron chi connectivity index (χ2n) is 2.77.